The number of thiazole rings is 1. The molecule has 0 N–H and O–H groups in total. The molecule has 0 bridgehead atoms. The van der Waals surface area contributed by atoms with Crippen LogP contribution >= 0.6 is 23.1 Å². The molecule has 128 valence electrons. The number of hydrogen-bond acceptors (Lipinski definition) is 5. The summed E-state index contributed by atoms with van der Waals surface area (Å²) in [7, 11) is 0. The van der Waals surface area contributed by atoms with E-state index in [9.17, 15) is 4.39 Å². The van der Waals surface area contributed by atoms with Crippen LogP contribution in [-0.4, -0.2) is 18.2 Å². The van der Waals surface area contributed by atoms with Gasteiger partial charge >= 0.3 is 0 Å². The number of ether oxygens (including phenoxy) is 2. The summed E-state index contributed by atoms with van der Waals surface area (Å²) in [6.45, 7) is 1.39. The molecule has 1 aliphatic rings. The highest BCUT2D eigenvalue weighted by Gasteiger charge is 2.11. The topological polar surface area (TPSA) is 31.4 Å². The second kappa shape index (κ2) is 7.45. The van der Waals surface area contributed by atoms with E-state index in [2.05, 4.69) is 10.4 Å². The lowest BCUT2D eigenvalue weighted by molar-refractivity contribution is 0.297. The van der Waals surface area contributed by atoms with Gasteiger partial charge in [0, 0.05) is 28.0 Å². The highest BCUT2D eigenvalue weighted by atomic mass is 32.2. The van der Waals surface area contributed by atoms with Gasteiger partial charge in [-0.2, -0.15) is 0 Å². The number of rotatable bonds is 4. The molecule has 0 atom stereocenters. The van der Waals surface area contributed by atoms with E-state index in [1.807, 2.05) is 18.2 Å². The number of fused-ring (bicyclic) bond motifs is 1. The Kier molecular flexibility index (Phi) is 4.90. The third-order valence-electron chi connectivity index (χ3n) is 3.75. The minimum Gasteiger partial charge on any atom is -0.490 e. The molecule has 0 saturated carbocycles. The summed E-state index contributed by atoms with van der Waals surface area (Å²) < 4.78 is 24.4. The van der Waals surface area contributed by atoms with E-state index in [0.29, 0.717) is 13.2 Å². The van der Waals surface area contributed by atoms with E-state index in [0.717, 1.165) is 44.8 Å². The molecular formula is C19H16FNO2S2. The third kappa shape index (κ3) is 3.96. The van der Waals surface area contributed by atoms with Crippen LogP contribution in [0.2, 0.25) is 0 Å². The van der Waals surface area contributed by atoms with Crippen molar-refractivity contribution in [2.75, 3.05) is 13.2 Å². The van der Waals surface area contributed by atoms with Gasteiger partial charge in [-0.1, -0.05) is 0 Å². The van der Waals surface area contributed by atoms with Crippen LogP contribution in [-0.2, 0) is 5.75 Å². The monoisotopic (exact) mass is 373 g/mol. The molecule has 1 aromatic heterocycles. The van der Waals surface area contributed by atoms with Crippen molar-refractivity contribution in [3.8, 4) is 22.1 Å². The predicted molar refractivity (Wildman–Crippen MR) is 99.1 cm³/mol. The van der Waals surface area contributed by atoms with Gasteiger partial charge in [0.2, 0.25) is 0 Å². The van der Waals surface area contributed by atoms with E-state index in [4.69, 9.17) is 9.47 Å². The van der Waals surface area contributed by atoms with Crippen molar-refractivity contribution < 1.29 is 13.9 Å². The molecule has 2 aromatic carbocycles. The van der Waals surface area contributed by atoms with Crippen molar-refractivity contribution in [1.29, 1.82) is 0 Å². The van der Waals surface area contributed by atoms with Crippen LogP contribution in [0.15, 0.2) is 52.7 Å². The van der Waals surface area contributed by atoms with Gasteiger partial charge in [-0.3, -0.25) is 0 Å². The van der Waals surface area contributed by atoms with Crippen molar-refractivity contribution >= 4 is 23.1 Å². The second-order valence-corrected chi connectivity index (χ2v) is 7.51. The van der Waals surface area contributed by atoms with Crippen LogP contribution in [0.3, 0.4) is 0 Å². The number of hydrogen-bond donors (Lipinski definition) is 0. The maximum atomic E-state index is 13.0. The Labute approximate surface area is 153 Å². The van der Waals surface area contributed by atoms with Gasteiger partial charge in [0.25, 0.3) is 0 Å². The smallest absolute Gasteiger partial charge is 0.162 e. The van der Waals surface area contributed by atoms with Gasteiger partial charge in [-0.15, -0.1) is 23.1 Å². The Balaban J connectivity index is 1.43. The van der Waals surface area contributed by atoms with Gasteiger partial charge in [0.1, 0.15) is 10.8 Å². The average Bonchev–Trinajstić information content (AvgIpc) is 2.98. The zero-order valence-corrected chi connectivity index (χ0v) is 15.0. The van der Waals surface area contributed by atoms with Gasteiger partial charge in [0.15, 0.2) is 11.5 Å². The maximum absolute atomic E-state index is 13.0. The van der Waals surface area contributed by atoms with E-state index in [1.165, 1.54) is 12.1 Å². The Bertz CT molecular complexity index is 864. The second-order valence-electron chi connectivity index (χ2n) is 5.60. The van der Waals surface area contributed by atoms with Gasteiger partial charge < -0.3 is 9.47 Å². The molecule has 4 rings (SSSR count). The van der Waals surface area contributed by atoms with Crippen molar-refractivity contribution in [2.45, 2.75) is 17.1 Å². The predicted octanol–water partition coefficient (Wildman–Crippen LogP) is 5.40. The molecule has 25 heavy (non-hydrogen) atoms. The lowest BCUT2D eigenvalue weighted by atomic mass is 10.2. The molecule has 3 aromatic rings. The number of aromatic nitrogens is 1. The zero-order chi connectivity index (χ0) is 17.1. The minimum absolute atomic E-state index is 0.231. The van der Waals surface area contributed by atoms with Crippen LogP contribution in [0.4, 0.5) is 4.39 Å². The standard InChI is InChI=1S/C19H16FNO2S2/c20-14-4-2-13(3-5-14)19-21-15(12-25-19)11-24-16-6-7-17-18(10-16)23-9-1-8-22-17/h2-7,10,12H,1,8-9,11H2. The molecule has 0 spiro atoms. The highest BCUT2D eigenvalue weighted by molar-refractivity contribution is 7.98. The molecule has 0 aliphatic carbocycles. The van der Waals surface area contributed by atoms with E-state index in [1.54, 1.807) is 35.2 Å². The molecular weight excluding hydrogens is 357 g/mol. The van der Waals surface area contributed by atoms with Crippen molar-refractivity contribution in [3.63, 3.8) is 0 Å². The summed E-state index contributed by atoms with van der Waals surface area (Å²) in [4.78, 5) is 5.77. The molecule has 0 saturated heterocycles. The summed E-state index contributed by atoms with van der Waals surface area (Å²) in [6, 6.07) is 12.5. The quantitative estimate of drug-likeness (QED) is 0.573. The number of halogens is 1. The maximum Gasteiger partial charge on any atom is 0.162 e. The zero-order valence-electron chi connectivity index (χ0n) is 13.4. The molecule has 2 heterocycles. The first-order valence-corrected chi connectivity index (χ1v) is 9.87. The fourth-order valence-corrected chi connectivity index (χ4v) is 4.24. The first-order valence-electron chi connectivity index (χ1n) is 8.01. The van der Waals surface area contributed by atoms with Crippen molar-refractivity contribution in [2.24, 2.45) is 0 Å². The molecule has 0 fully saturated rings. The van der Waals surface area contributed by atoms with E-state index >= 15 is 0 Å². The molecule has 3 nitrogen and oxygen atoms in total. The van der Waals surface area contributed by atoms with E-state index < -0.39 is 0 Å². The molecule has 0 radical (unpaired) electrons. The molecule has 0 amide bonds. The highest BCUT2D eigenvalue weighted by Crippen LogP contribution is 2.35. The lowest BCUT2D eigenvalue weighted by Crippen LogP contribution is -1.97. The third-order valence-corrected chi connectivity index (χ3v) is 5.72. The lowest BCUT2D eigenvalue weighted by Gasteiger charge is -2.08. The van der Waals surface area contributed by atoms with Gasteiger partial charge in [-0.05, 0) is 42.5 Å². The summed E-state index contributed by atoms with van der Waals surface area (Å²) in [5, 5.41) is 2.96. The largest absolute Gasteiger partial charge is 0.490 e. The molecule has 1 aliphatic heterocycles. The van der Waals surface area contributed by atoms with Crippen molar-refractivity contribution in [3.05, 3.63) is 59.4 Å². The van der Waals surface area contributed by atoms with Crippen LogP contribution in [0.5, 0.6) is 11.5 Å². The fourth-order valence-electron chi connectivity index (χ4n) is 2.49. The van der Waals surface area contributed by atoms with Crippen LogP contribution in [0.1, 0.15) is 12.1 Å². The SMILES string of the molecule is Fc1ccc(-c2nc(CSc3ccc4c(c3)OCCCO4)cs2)cc1. The Hall–Kier alpha value is -2.05. The first-order chi connectivity index (χ1) is 12.3. The summed E-state index contributed by atoms with van der Waals surface area (Å²) in [5.41, 5.74) is 1.96. The first kappa shape index (κ1) is 16.4. The summed E-state index contributed by atoms with van der Waals surface area (Å²) >= 11 is 3.29. The van der Waals surface area contributed by atoms with Gasteiger partial charge in [-0.25, -0.2) is 9.37 Å². The number of thioether (sulfide) groups is 1. The molecule has 6 heteroatoms. The van der Waals surface area contributed by atoms with Crippen LogP contribution < -0.4 is 9.47 Å². The Morgan fingerprint density at radius 3 is 2.68 bits per heavy atom. The van der Waals surface area contributed by atoms with Gasteiger partial charge in [0.05, 0.1) is 18.9 Å². The normalized spacial score (nSPS) is 13.5. The number of nitrogens with zero attached hydrogens (tertiary/aromatic N) is 1. The summed E-state index contributed by atoms with van der Waals surface area (Å²) in [5.74, 6) is 2.17. The Morgan fingerprint density at radius 1 is 1.04 bits per heavy atom. The summed E-state index contributed by atoms with van der Waals surface area (Å²) in [6.07, 6.45) is 0.905. The fraction of sp³-hybridized carbons (Fsp3) is 0.211. The van der Waals surface area contributed by atoms with Crippen molar-refractivity contribution in [1.82, 2.24) is 4.98 Å². The number of benzene rings is 2. The van der Waals surface area contributed by atoms with E-state index in [-0.39, 0.29) is 5.82 Å². The average molecular weight is 373 g/mol. The van der Waals surface area contributed by atoms with Crippen LogP contribution in [0, 0.1) is 5.82 Å². The van der Waals surface area contributed by atoms with Crippen LogP contribution in [0.25, 0.3) is 10.6 Å². The molecule has 0 unspecified atom stereocenters. The Morgan fingerprint density at radius 2 is 1.84 bits per heavy atom. The minimum atomic E-state index is -0.231.